The van der Waals surface area contributed by atoms with Crippen molar-refractivity contribution in [3.05, 3.63) is 24.3 Å². The molecule has 0 bridgehead atoms. The summed E-state index contributed by atoms with van der Waals surface area (Å²) in [5.41, 5.74) is 1.89. The molecule has 1 atom stereocenters. The quantitative estimate of drug-likeness (QED) is 0.832. The van der Waals surface area contributed by atoms with E-state index in [2.05, 4.69) is 21.5 Å². The second kappa shape index (κ2) is 3.98. The number of hydrogen-bond donors (Lipinski definition) is 1. The summed E-state index contributed by atoms with van der Waals surface area (Å²) in [6, 6.07) is 1.93. The van der Waals surface area contributed by atoms with Crippen LogP contribution in [0.15, 0.2) is 18.5 Å². The number of aliphatic hydroxyl groups is 1. The normalized spacial score (nSPS) is 13.3. The zero-order chi connectivity index (χ0) is 10.8. The Balaban J connectivity index is 2.63. The molecular weight excluding hydrogens is 190 g/mol. The van der Waals surface area contributed by atoms with E-state index >= 15 is 0 Å². The van der Waals surface area contributed by atoms with Crippen molar-refractivity contribution >= 4 is 11.0 Å². The number of nitrogens with zero attached hydrogens (tertiary/aromatic N) is 3. The van der Waals surface area contributed by atoms with Crippen molar-refractivity contribution in [3.63, 3.8) is 0 Å². The van der Waals surface area contributed by atoms with E-state index in [1.165, 1.54) is 0 Å². The summed E-state index contributed by atoms with van der Waals surface area (Å²) in [7, 11) is 0. The first-order chi connectivity index (χ1) is 7.24. The SMILES string of the molecule is CCCn1c(C(C)O)nc2cnccc21. The summed E-state index contributed by atoms with van der Waals surface area (Å²) < 4.78 is 2.06. The maximum absolute atomic E-state index is 9.63. The molecular formula is C11H15N3O. The number of aliphatic hydroxyl groups excluding tert-OH is 1. The van der Waals surface area contributed by atoms with Crippen molar-refractivity contribution in [1.82, 2.24) is 14.5 Å². The van der Waals surface area contributed by atoms with Crippen molar-refractivity contribution < 1.29 is 5.11 Å². The maximum Gasteiger partial charge on any atom is 0.138 e. The second-order valence-corrected chi connectivity index (χ2v) is 3.66. The molecule has 0 aliphatic rings. The highest BCUT2D eigenvalue weighted by atomic mass is 16.3. The summed E-state index contributed by atoms with van der Waals surface area (Å²) in [6.45, 7) is 4.72. The average molecular weight is 205 g/mol. The van der Waals surface area contributed by atoms with Crippen LogP contribution in [0.25, 0.3) is 11.0 Å². The van der Waals surface area contributed by atoms with Gasteiger partial charge in [0.15, 0.2) is 0 Å². The zero-order valence-electron chi connectivity index (χ0n) is 9.01. The van der Waals surface area contributed by atoms with Crippen molar-refractivity contribution in [2.75, 3.05) is 0 Å². The Hall–Kier alpha value is -1.42. The third-order valence-electron chi connectivity index (χ3n) is 2.40. The van der Waals surface area contributed by atoms with Crippen molar-refractivity contribution in [1.29, 1.82) is 0 Å². The average Bonchev–Trinajstić information content (AvgIpc) is 2.58. The molecule has 0 radical (unpaired) electrons. The first-order valence-electron chi connectivity index (χ1n) is 5.22. The molecule has 80 valence electrons. The van der Waals surface area contributed by atoms with Gasteiger partial charge in [-0.25, -0.2) is 4.98 Å². The Kier molecular flexibility index (Phi) is 2.68. The Morgan fingerprint density at radius 3 is 3.00 bits per heavy atom. The van der Waals surface area contributed by atoms with E-state index in [9.17, 15) is 5.11 Å². The number of aromatic nitrogens is 3. The van der Waals surface area contributed by atoms with Gasteiger partial charge in [-0.05, 0) is 19.4 Å². The van der Waals surface area contributed by atoms with Gasteiger partial charge >= 0.3 is 0 Å². The van der Waals surface area contributed by atoms with E-state index < -0.39 is 6.10 Å². The monoisotopic (exact) mass is 205 g/mol. The van der Waals surface area contributed by atoms with Gasteiger partial charge < -0.3 is 9.67 Å². The van der Waals surface area contributed by atoms with Crippen LogP contribution in [0.2, 0.25) is 0 Å². The van der Waals surface area contributed by atoms with Gasteiger partial charge in [0.1, 0.15) is 17.4 Å². The summed E-state index contributed by atoms with van der Waals surface area (Å²) in [4.78, 5) is 8.41. The molecule has 0 aromatic carbocycles. The first-order valence-corrected chi connectivity index (χ1v) is 5.22. The van der Waals surface area contributed by atoms with Gasteiger partial charge in [0, 0.05) is 12.7 Å². The molecule has 0 fully saturated rings. The number of aryl methyl sites for hydroxylation is 1. The fraction of sp³-hybridized carbons (Fsp3) is 0.455. The Morgan fingerprint density at radius 2 is 2.33 bits per heavy atom. The van der Waals surface area contributed by atoms with Gasteiger partial charge in [-0.15, -0.1) is 0 Å². The molecule has 0 amide bonds. The lowest BCUT2D eigenvalue weighted by molar-refractivity contribution is 0.184. The molecule has 2 aromatic rings. The van der Waals surface area contributed by atoms with Crippen LogP contribution in [0.1, 0.15) is 32.2 Å². The van der Waals surface area contributed by atoms with E-state index in [1.807, 2.05) is 6.07 Å². The number of fused-ring (bicyclic) bond motifs is 1. The maximum atomic E-state index is 9.63. The number of hydrogen-bond acceptors (Lipinski definition) is 3. The molecule has 0 spiro atoms. The smallest absolute Gasteiger partial charge is 0.138 e. The molecule has 2 heterocycles. The van der Waals surface area contributed by atoms with Crippen LogP contribution >= 0.6 is 0 Å². The first kappa shape index (κ1) is 10.1. The number of rotatable bonds is 3. The molecule has 4 heteroatoms. The molecule has 2 rings (SSSR count). The summed E-state index contributed by atoms with van der Waals surface area (Å²) >= 11 is 0. The standard InChI is InChI=1S/C11H15N3O/c1-3-6-14-10-4-5-12-7-9(10)13-11(14)8(2)15/h4-5,7-8,15H,3,6H2,1-2H3. The molecule has 0 saturated carbocycles. The van der Waals surface area contributed by atoms with Crippen LogP contribution in [-0.4, -0.2) is 19.6 Å². The molecule has 4 nitrogen and oxygen atoms in total. The van der Waals surface area contributed by atoms with E-state index in [4.69, 9.17) is 0 Å². The molecule has 2 aromatic heterocycles. The lowest BCUT2D eigenvalue weighted by atomic mass is 10.3. The predicted octanol–water partition coefficient (Wildman–Crippen LogP) is 1.89. The highest BCUT2D eigenvalue weighted by Crippen LogP contribution is 2.19. The van der Waals surface area contributed by atoms with Crippen LogP contribution < -0.4 is 0 Å². The van der Waals surface area contributed by atoms with E-state index in [1.54, 1.807) is 19.3 Å². The van der Waals surface area contributed by atoms with Crippen molar-refractivity contribution in [2.45, 2.75) is 32.9 Å². The lowest BCUT2D eigenvalue weighted by Crippen LogP contribution is -2.06. The van der Waals surface area contributed by atoms with Gasteiger partial charge in [-0.1, -0.05) is 6.92 Å². The minimum atomic E-state index is -0.538. The van der Waals surface area contributed by atoms with Gasteiger partial charge in [0.05, 0.1) is 11.7 Å². The minimum Gasteiger partial charge on any atom is -0.385 e. The Morgan fingerprint density at radius 1 is 1.53 bits per heavy atom. The van der Waals surface area contributed by atoms with Gasteiger partial charge in [0.2, 0.25) is 0 Å². The topological polar surface area (TPSA) is 50.9 Å². The highest BCUT2D eigenvalue weighted by molar-refractivity contribution is 5.74. The Labute approximate surface area is 88.6 Å². The fourth-order valence-electron chi connectivity index (χ4n) is 1.78. The van der Waals surface area contributed by atoms with Gasteiger partial charge in [-0.3, -0.25) is 4.98 Å². The van der Waals surface area contributed by atoms with E-state index in [0.29, 0.717) is 0 Å². The number of imidazole rings is 1. The molecule has 15 heavy (non-hydrogen) atoms. The van der Waals surface area contributed by atoms with Crippen molar-refractivity contribution in [2.24, 2.45) is 0 Å². The zero-order valence-corrected chi connectivity index (χ0v) is 9.01. The van der Waals surface area contributed by atoms with Crippen LogP contribution in [0, 0.1) is 0 Å². The minimum absolute atomic E-state index is 0.538. The van der Waals surface area contributed by atoms with Gasteiger partial charge in [-0.2, -0.15) is 0 Å². The molecule has 0 saturated heterocycles. The van der Waals surface area contributed by atoms with E-state index in [0.717, 1.165) is 29.8 Å². The largest absolute Gasteiger partial charge is 0.385 e. The summed E-state index contributed by atoms with van der Waals surface area (Å²) in [5, 5.41) is 9.63. The van der Waals surface area contributed by atoms with Crippen LogP contribution in [0.3, 0.4) is 0 Å². The molecule has 0 aliphatic heterocycles. The van der Waals surface area contributed by atoms with E-state index in [-0.39, 0.29) is 0 Å². The van der Waals surface area contributed by atoms with Crippen LogP contribution in [-0.2, 0) is 6.54 Å². The fourth-order valence-corrected chi connectivity index (χ4v) is 1.78. The van der Waals surface area contributed by atoms with Gasteiger partial charge in [0.25, 0.3) is 0 Å². The molecule has 1 N–H and O–H groups in total. The molecule has 1 unspecified atom stereocenters. The third-order valence-corrected chi connectivity index (χ3v) is 2.40. The Bertz CT molecular complexity index is 462. The number of pyridine rings is 1. The summed E-state index contributed by atoms with van der Waals surface area (Å²) in [6.07, 6.45) is 3.96. The second-order valence-electron chi connectivity index (χ2n) is 3.66. The highest BCUT2D eigenvalue weighted by Gasteiger charge is 2.13. The van der Waals surface area contributed by atoms with Crippen LogP contribution in [0.5, 0.6) is 0 Å². The lowest BCUT2D eigenvalue weighted by Gasteiger charge is -2.08. The third kappa shape index (κ3) is 1.72. The van der Waals surface area contributed by atoms with Crippen LogP contribution in [0.4, 0.5) is 0 Å². The summed E-state index contributed by atoms with van der Waals surface area (Å²) in [5.74, 6) is 0.722. The molecule has 0 aliphatic carbocycles. The van der Waals surface area contributed by atoms with Crippen molar-refractivity contribution in [3.8, 4) is 0 Å². The predicted molar refractivity (Wildman–Crippen MR) is 58.5 cm³/mol.